The molecule has 0 aromatic carbocycles. The van der Waals surface area contributed by atoms with Gasteiger partial charge in [0.05, 0.1) is 11.9 Å². The standard InChI is InChI=1S/C15H24BrN3O/c1-3-5-8-19-15(20)14(16)13(10-17-19)18-12(4-2)9-11-6-7-11/h10-12,18H,3-9H2,1-2H3. The van der Waals surface area contributed by atoms with Crippen molar-refractivity contribution in [2.45, 2.75) is 65.0 Å². The Bertz CT molecular complexity index is 496. The van der Waals surface area contributed by atoms with E-state index in [1.165, 1.54) is 19.3 Å². The SMILES string of the molecule is CCCCn1ncc(NC(CC)CC2CC2)c(Br)c1=O. The van der Waals surface area contributed by atoms with Crippen LogP contribution in [0.1, 0.15) is 52.4 Å². The summed E-state index contributed by atoms with van der Waals surface area (Å²) < 4.78 is 2.15. The number of rotatable bonds is 8. The topological polar surface area (TPSA) is 46.9 Å². The molecule has 112 valence electrons. The van der Waals surface area contributed by atoms with Gasteiger partial charge >= 0.3 is 0 Å². The first-order chi connectivity index (χ1) is 9.65. The van der Waals surface area contributed by atoms with Crippen molar-refractivity contribution in [2.24, 2.45) is 5.92 Å². The molecule has 0 radical (unpaired) electrons. The van der Waals surface area contributed by atoms with Gasteiger partial charge in [-0.15, -0.1) is 0 Å². The smallest absolute Gasteiger partial charge is 0.283 e. The van der Waals surface area contributed by atoms with Crippen molar-refractivity contribution in [1.82, 2.24) is 9.78 Å². The van der Waals surface area contributed by atoms with E-state index in [4.69, 9.17) is 0 Å². The van der Waals surface area contributed by atoms with Crippen LogP contribution < -0.4 is 10.9 Å². The highest BCUT2D eigenvalue weighted by atomic mass is 79.9. The van der Waals surface area contributed by atoms with E-state index < -0.39 is 0 Å². The zero-order valence-electron chi connectivity index (χ0n) is 12.4. The average molecular weight is 342 g/mol. The lowest BCUT2D eigenvalue weighted by atomic mass is 10.1. The van der Waals surface area contributed by atoms with Crippen molar-refractivity contribution < 1.29 is 0 Å². The molecule has 1 heterocycles. The number of anilines is 1. The van der Waals surface area contributed by atoms with Gasteiger partial charge in [-0.2, -0.15) is 5.10 Å². The van der Waals surface area contributed by atoms with Crippen LogP contribution in [0.5, 0.6) is 0 Å². The Hall–Kier alpha value is -0.840. The summed E-state index contributed by atoms with van der Waals surface area (Å²) in [5.74, 6) is 0.879. The maximum absolute atomic E-state index is 12.2. The van der Waals surface area contributed by atoms with Gasteiger partial charge in [0.15, 0.2) is 0 Å². The molecular weight excluding hydrogens is 318 g/mol. The summed E-state index contributed by atoms with van der Waals surface area (Å²) in [6.07, 6.45) is 8.79. The van der Waals surface area contributed by atoms with Crippen molar-refractivity contribution >= 4 is 21.6 Å². The summed E-state index contributed by atoms with van der Waals surface area (Å²) in [5, 5.41) is 7.74. The molecule has 1 unspecified atom stereocenters. The van der Waals surface area contributed by atoms with Crippen LogP contribution in [0.15, 0.2) is 15.5 Å². The van der Waals surface area contributed by atoms with Gasteiger partial charge in [0.2, 0.25) is 0 Å². The maximum Gasteiger partial charge on any atom is 0.283 e. The van der Waals surface area contributed by atoms with Gasteiger partial charge < -0.3 is 5.32 Å². The highest BCUT2D eigenvalue weighted by molar-refractivity contribution is 9.10. The van der Waals surface area contributed by atoms with E-state index in [0.717, 1.165) is 30.9 Å². The lowest BCUT2D eigenvalue weighted by molar-refractivity contribution is 0.539. The van der Waals surface area contributed by atoms with Crippen LogP contribution in [0, 0.1) is 5.92 Å². The molecule has 0 amide bonds. The second-order valence-corrected chi connectivity index (χ2v) is 6.48. The average Bonchev–Trinajstić information content (AvgIpc) is 3.26. The number of nitrogens with zero attached hydrogens (tertiary/aromatic N) is 2. The predicted molar refractivity (Wildman–Crippen MR) is 86.1 cm³/mol. The molecule has 4 nitrogen and oxygen atoms in total. The van der Waals surface area contributed by atoms with Crippen LogP contribution in [-0.2, 0) is 6.54 Å². The molecule has 20 heavy (non-hydrogen) atoms. The van der Waals surface area contributed by atoms with Crippen molar-refractivity contribution in [3.8, 4) is 0 Å². The van der Waals surface area contributed by atoms with Crippen LogP contribution in [0.2, 0.25) is 0 Å². The van der Waals surface area contributed by atoms with Crippen LogP contribution in [0.4, 0.5) is 5.69 Å². The highest BCUT2D eigenvalue weighted by Gasteiger charge is 2.25. The Morgan fingerprint density at radius 2 is 2.25 bits per heavy atom. The van der Waals surface area contributed by atoms with E-state index in [9.17, 15) is 4.79 Å². The van der Waals surface area contributed by atoms with E-state index in [0.29, 0.717) is 17.1 Å². The molecule has 5 heteroatoms. The summed E-state index contributed by atoms with van der Waals surface area (Å²) >= 11 is 3.43. The van der Waals surface area contributed by atoms with Gasteiger partial charge in [-0.3, -0.25) is 4.79 Å². The molecule has 1 saturated carbocycles. The van der Waals surface area contributed by atoms with Crippen LogP contribution in [-0.4, -0.2) is 15.8 Å². The molecule has 1 aliphatic rings. The third-order valence-corrected chi connectivity index (χ3v) is 4.64. The highest BCUT2D eigenvalue weighted by Crippen LogP contribution is 2.35. The fourth-order valence-corrected chi connectivity index (χ4v) is 2.76. The summed E-state index contributed by atoms with van der Waals surface area (Å²) in [7, 11) is 0. The summed E-state index contributed by atoms with van der Waals surface area (Å²) in [5.41, 5.74) is 0.792. The minimum atomic E-state index is -0.0373. The van der Waals surface area contributed by atoms with Gasteiger partial charge in [0.25, 0.3) is 5.56 Å². The minimum Gasteiger partial charge on any atom is -0.380 e. The Kier molecular flexibility index (Phi) is 5.64. The van der Waals surface area contributed by atoms with E-state index in [2.05, 4.69) is 40.2 Å². The number of hydrogen-bond donors (Lipinski definition) is 1. The molecule has 2 rings (SSSR count). The fraction of sp³-hybridized carbons (Fsp3) is 0.733. The largest absolute Gasteiger partial charge is 0.380 e. The van der Waals surface area contributed by atoms with E-state index >= 15 is 0 Å². The number of aryl methyl sites for hydroxylation is 1. The Balaban J connectivity index is 2.07. The van der Waals surface area contributed by atoms with Crippen molar-refractivity contribution in [1.29, 1.82) is 0 Å². The van der Waals surface area contributed by atoms with Crippen molar-refractivity contribution in [2.75, 3.05) is 5.32 Å². The quantitative estimate of drug-likeness (QED) is 0.782. The third-order valence-electron chi connectivity index (χ3n) is 3.88. The fourth-order valence-electron chi connectivity index (χ4n) is 2.34. The second kappa shape index (κ2) is 7.25. The number of halogens is 1. The minimum absolute atomic E-state index is 0.0373. The molecule has 1 aliphatic carbocycles. The Morgan fingerprint density at radius 3 is 2.85 bits per heavy atom. The first-order valence-electron chi connectivity index (χ1n) is 7.67. The Morgan fingerprint density at radius 1 is 1.50 bits per heavy atom. The molecule has 1 aromatic heterocycles. The van der Waals surface area contributed by atoms with Gasteiger partial charge in [0, 0.05) is 12.6 Å². The van der Waals surface area contributed by atoms with Gasteiger partial charge in [0.1, 0.15) is 4.47 Å². The van der Waals surface area contributed by atoms with Crippen LogP contribution >= 0.6 is 15.9 Å². The first kappa shape index (κ1) is 15.5. The third kappa shape index (κ3) is 4.08. The molecule has 0 aliphatic heterocycles. The Labute approximate surface area is 129 Å². The molecule has 1 atom stereocenters. The lowest BCUT2D eigenvalue weighted by Gasteiger charge is -2.19. The monoisotopic (exact) mass is 341 g/mol. The summed E-state index contributed by atoms with van der Waals surface area (Å²) in [4.78, 5) is 12.2. The number of hydrogen-bond acceptors (Lipinski definition) is 3. The second-order valence-electron chi connectivity index (χ2n) is 5.68. The lowest BCUT2D eigenvalue weighted by Crippen LogP contribution is -2.27. The predicted octanol–water partition coefficient (Wildman–Crippen LogP) is 3.80. The van der Waals surface area contributed by atoms with Crippen LogP contribution in [0.3, 0.4) is 0 Å². The summed E-state index contributed by atoms with van der Waals surface area (Å²) in [6, 6.07) is 0.437. The van der Waals surface area contributed by atoms with Gasteiger partial charge in [-0.05, 0) is 41.1 Å². The molecule has 1 fully saturated rings. The molecular formula is C15H24BrN3O. The summed E-state index contributed by atoms with van der Waals surface area (Å²) in [6.45, 7) is 4.98. The molecule has 0 saturated heterocycles. The molecule has 1 aromatic rings. The zero-order chi connectivity index (χ0) is 14.5. The molecule has 0 bridgehead atoms. The zero-order valence-corrected chi connectivity index (χ0v) is 13.9. The van der Waals surface area contributed by atoms with E-state index in [1.807, 2.05) is 0 Å². The van der Waals surface area contributed by atoms with E-state index in [1.54, 1.807) is 10.9 Å². The number of unbranched alkanes of at least 4 members (excludes halogenated alkanes) is 1. The van der Waals surface area contributed by atoms with Crippen molar-refractivity contribution in [3.63, 3.8) is 0 Å². The van der Waals surface area contributed by atoms with Crippen LogP contribution in [0.25, 0.3) is 0 Å². The molecule has 0 spiro atoms. The molecule has 1 N–H and O–H groups in total. The number of aromatic nitrogens is 2. The van der Waals surface area contributed by atoms with Gasteiger partial charge in [-0.25, -0.2) is 4.68 Å². The van der Waals surface area contributed by atoms with E-state index in [-0.39, 0.29) is 5.56 Å². The first-order valence-corrected chi connectivity index (χ1v) is 8.47. The normalized spacial score (nSPS) is 16.1. The number of nitrogens with one attached hydrogen (secondary N) is 1. The van der Waals surface area contributed by atoms with Gasteiger partial charge in [-0.1, -0.05) is 33.1 Å². The van der Waals surface area contributed by atoms with Crippen molar-refractivity contribution in [3.05, 3.63) is 21.0 Å². The maximum atomic E-state index is 12.2.